The second kappa shape index (κ2) is 17.3. The average molecular weight is 821 g/mol. The Hall–Kier alpha value is -5.31. The molecule has 3 aromatic carbocycles. The van der Waals surface area contributed by atoms with Crippen LogP contribution < -0.4 is 30.5 Å². The SMILES string of the molecule is CCc1cc(N2[C@H](S)N(c3ccc(C#N)c(C(F)(F)F)c3)C(=O)C2(C)C)ccc1OCCN1CCN(CC(=O)Nc2cccc(NC3CCC(=O)NC3=O)c2)C[C@@H]1C. The summed E-state index contributed by atoms with van der Waals surface area (Å²) in [5.74, 6) is -0.558. The predicted octanol–water partition coefficient (Wildman–Crippen LogP) is 5.23. The fourth-order valence-corrected chi connectivity index (χ4v) is 8.36. The number of halogens is 3. The average Bonchev–Trinajstić information content (AvgIpc) is 3.35. The second-order valence-corrected chi connectivity index (χ2v) is 15.6. The van der Waals surface area contributed by atoms with E-state index in [0.717, 1.165) is 24.2 Å². The smallest absolute Gasteiger partial charge is 0.417 e. The first-order valence-electron chi connectivity index (χ1n) is 19.1. The zero-order valence-corrected chi connectivity index (χ0v) is 33.6. The first kappa shape index (κ1) is 42.3. The van der Waals surface area contributed by atoms with Crippen LogP contribution in [-0.4, -0.2) is 95.9 Å². The molecule has 308 valence electrons. The molecule has 3 fully saturated rings. The molecular formula is C41H47F3N8O5S. The summed E-state index contributed by atoms with van der Waals surface area (Å²) >= 11 is 4.72. The van der Waals surface area contributed by atoms with Crippen molar-refractivity contribution in [3.8, 4) is 11.8 Å². The van der Waals surface area contributed by atoms with Crippen LogP contribution in [0.2, 0.25) is 0 Å². The van der Waals surface area contributed by atoms with Crippen molar-refractivity contribution in [3.05, 3.63) is 77.4 Å². The third-order valence-corrected chi connectivity index (χ3v) is 11.3. The van der Waals surface area contributed by atoms with Crippen molar-refractivity contribution < 1.29 is 37.1 Å². The van der Waals surface area contributed by atoms with Gasteiger partial charge in [-0.05, 0) is 93.8 Å². The molecule has 3 atom stereocenters. The van der Waals surface area contributed by atoms with E-state index in [9.17, 15) is 37.6 Å². The Labute approximate surface area is 340 Å². The molecule has 3 aliphatic rings. The van der Waals surface area contributed by atoms with Gasteiger partial charge in [0.1, 0.15) is 23.9 Å². The molecule has 0 aromatic heterocycles. The van der Waals surface area contributed by atoms with Gasteiger partial charge in [-0.2, -0.15) is 18.4 Å². The van der Waals surface area contributed by atoms with Gasteiger partial charge in [0.15, 0.2) is 5.50 Å². The summed E-state index contributed by atoms with van der Waals surface area (Å²) in [6, 6.07) is 17.1. The van der Waals surface area contributed by atoms with E-state index in [-0.39, 0.29) is 42.4 Å². The first-order valence-corrected chi connectivity index (χ1v) is 19.7. The van der Waals surface area contributed by atoms with Crippen LogP contribution in [0.25, 0.3) is 0 Å². The van der Waals surface area contributed by atoms with Crippen LogP contribution in [0.4, 0.5) is 35.9 Å². The zero-order valence-electron chi connectivity index (χ0n) is 32.7. The summed E-state index contributed by atoms with van der Waals surface area (Å²) in [5.41, 5.74) is -0.942. The summed E-state index contributed by atoms with van der Waals surface area (Å²) in [7, 11) is 0. The van der Waals surface area contributed by atoms with E-state index in [0.29, 0.717) is 61.9 Å². The number of benzene rings is 3. The molecule has 13 nitrogen and oxygen atoms in total. The molecule has 1 unspecified atom stereocenters. The minimum absolute atomic E-state index is 0.00948. The number of anilines is 4. The van der Waals surface area contributed by atoms with E-state index < -0.39 is 40.3 Å². The van der Waals surface area contributed by atoms with Gasteiger partial charge in [-0.1, -0.05) is 13.0 Å². The number of thiol groups is 1. The van der Waals surface area contributed by atoms with Crippen molar-refractivity contribution in [3.63, 3.8) is 0 Å². The van der Waals surface area contributed by atoms with Gasteiger partial charge in [0.05, 0.1) is 23.7 Å². The second-order valence-electron chi connectivity index (χ2n) is 15.2. The standard InChI is InChI=1S/C41H47F3N8O5S/c1-5-26-19-31(52-39(58)51(38(56)40(52,3)4)30-10-9-27(22-45)32(21-30)41(42,43)44)11-13-34(26)57-18-17-50-16-15-49(23-25(50)2)24-36(54)47-29-8-6-7-28(20-29)46-33-12-14-35(53)48-37(33)55/h6-11,13,19-21,25,33,39,46,58H,5,12,14-18,23-24H2,1-4H3,(H,47,54)(H,48,53,55)/t25-,33?,39+/m0/s1. The fraction of sp³-hybridized carbons (Fsp3) is 0.439. The number of nitrogens with zero attached hydrogens (tertiary/aromatic N) is 5. The number of piperidine rings is 1. The highest BCUT2D eigenvalue weighted by Crippen LogP contribution is 2.43. The first-order chi connectivity index (χ1) is 27.5. The number of hydrogen-bond acceptors (Lipinski definition) is 11. The molecule has 3 aromatic rings. The van der Waals surface area contributed by atoms with Crippen LogP contribution in [0.15, 0.2) is 60.7 Å². The number of carbonyl (C=O) groups is 4. The number of amides is 4. The lowest BCUT2D eigenvalue weighted by molar-refractivity contribution is -0.138. The Balaban J connectivity index is 1.01. The topological polar surface area (TPSA) is 150 Å². The van der Waals surface area contributed by atoms with Gasteiger partial charge >= 0.3 is 6.18 Å². The van der Waals surface area contributed by atoms with E-state index >= 15 is 0 Å². The van der Waals surface area contributed by atoms with Crippen LogP contribution in [-0.2, 0) is 31.8 Å². The fourth-order valence-electron chi connectivity index (χ4n) is 7.70. The quantitative estimate of drug-likeness (QED) is 0.142. The lowest BCUT2D eigenvalue weighted by Crippen LogP contribution is -2.54. The minimum atomic E-state index is -4.78. The molecule has 58 heavy (non-hydrogen) atoms. The Morgan fingerprint density at radius 1 is 1.05 bits per heavy atom. The lowest BCUT2D eigenvalue weighted by Gasteiger charge is -2.39. The van der Waals surface area contributed by atoms with E-state index in [4.69, 9.17) is 17.4 Å². The number of imide groups is 1. The third kappa shape index (κ3) is 9.19. The lowest BCUT2D eigenvalue weighted by atomic mass is 10.0. The molecule has 0 saturated carbocycles. The summed E-state index contributed by atoms with van der Waals surface area (Å²) in [4.78, 5) is 57.7. The summed E-state index contributed by atoms with van der Waals surface area (Å²) in [5, 5.41) is 17.7. The van der Waals surface area contributed by atoms with Crippen LogP contribution in [0.1, 0.15) is 57.2 Å². The highest BCUT2D eigenvalue weighted by Gasteiger charge is 2.52. The number of rotatable bonds is 12. The van der Waals surface area contributed by atoms with E-state index in [1.54, 1.807) is 49.1 Å². The predicted molar refractivity (Wildman–Crippen MR) is 217 cm³/mol. The number of nitrogens with one attached hydrogen (secondary N) is 3. The molecule has 0 spiro atoms. The molecule has 0 aliphatic carbocycles. The van der Waals surface area contributed by atoms with Gasteiger partial charge in [-0.3, -0.25) is 39.2 Å². The molecule has 3 saturated heterocycles. The normalized spacial score (nSPS) is 21.4. The van der Waals surface area contributed by atoms with Crippen molar-refractivity contribution in [2.75, 3.05) is 59.8 Å². The van der Waals surface area contributed by atoms with Crippen LogP contribution in [0.5, 0.6) is 5.75 Å². The number of alkyl halides is 3. The highest BCUT2D eigenvalue weighted by molar-refractivity contribution is 7.81. The molecule has 0 radical (unpaired) electrons. The van der Waals surface area contributed by atoms with Crippen LogP contribution in [0.3, 0.4) is 0 Å². The van der Waals surface area contributed by atoms with Gasteiger partial charge in [-0.25, -0.2) is 0 Å². The zero-order chi connectivity index (χ0) is 41.9. The molecule has 6 rings (SSSR count). The third-order valence-electron chi connectivity index (χ3n) is 10.8. The van der Waals surface area contributed by atoms with Crippen molar-refractivity contribution in [1.29, 1.82) is 5.26 Å². The van der Waals surface area contributed by atoms with Crippen molar-refractivity contribution in [2.45, 2.75) is 76.3 Å². The summed E-state index contributed by atoms with van der Waals surface area (Å²) in [6.07, 6.45) is -3.50. The molecular weight excluding hydrogens is 774 g/mol. The maximum atomic E-state index is 13.8. The van der Waals surface area contributed by atoms with Crippen LogP contribution >= 0.6 is 12.6 Å². The van der Waals surface area contributed by atoms with Crippen LogP contribution in [0, 0.1) is 11.3 Å². The van der Waals surface area contributed by atoms with Crippen molar-refractivity contribution >= 4 is 59.0 Å². The van der Waals surface area contributed by atoms with Crippen molar-refractivity contribution in [2.24, 2.45) is 0 Å². The van der Waals surface area contributed by atoms with E-state index in [1.807, 2.05) is 25.1 Å². The molecule has 3 heterocycles. The highest BCUT2D eigenvalue weighted by atomic mass is 32.1. The maximum Gasteiger partial charge on any atom is 0.417 e. The monoisotopic (exact) mass is 820 g/mol. The van der Waals surface area contributed by atoms with Gasteiger partial charge in [0, 0.05) is 61.4 Å². The van der Waals surface area contributed by atoms with Gasteiger partial charge < -0.3 is 20.3 Å². The number of hydrogen-bond donors (Lipinski definition) is 4. The maximum absolute atomic E-state index is 13.8. The largest absolute Gasteiger partial charge is 0.492 e. The van der Waals surface area contributed by atoms with Gasteiger partial charge in [-0.15, -0.1) is 12.6 Å². The van der Waals surface area contributed by atoms with Crippen molar-refractivity contribution in [1.82, 2.24) is 15.1 Å². The Kier molecular flexibility index (Phi) is 12.6. The summed E-state index contributed by atoms with van der Waals surface area (Å²) in [6.45, 7) is 10.9. The Bertz CT molecular complexity index is 2110. The number of ether oxygens (including phenoxy) is 1. The number of piperazine rings is 1. The Morgan fingerprint density at radius 2 is 1.79 bits per heavy atom. The number of aryl methyl sites for hydroxylation is 1. The number of carbonyl (C=O) groups excluding carboxylic acids is 4. The molecule has 3 N–H and O–H groups in total. The van der Waals surface area contributed by atoms with E-state index in [1.165, 1.54) is 11.0 Å². The Morgan fingerprint density at radius 3 is 2.48 bits per heavy atom. The molecule has 17 heteroatoms. The van der Waals surface area contributed by atoms with Gasteiger partial charge in [0.2, 0.25) is 17.7 Å². The molecule has 4 amide bonds. The minimum Gasteiger partial charge on any atom is -0.492 e. The van der Waals surface area contributed by atoms with Gasteiger partial charge in [0.25, 0.3) is 5.91 Å². The molecule has 0 bridgehead atoms. The van der Waals surface area contributed by atoms with E-state index in [2.05, 4.69) is 32.7 Å². The molecule has 3 aliphatic heterocycles. The number of nitriles is 1. The summed E-state index contributed by atoms with van der Waals surface area (Å²) < 4.78 is 47.6.